The maximum Gasteiger partial charge on any atom is 0.343 e. The molecule has 0 amide bonds. The number of benzene rings is 5. The molecular weight excluding hydrogens is 793 g/mol. The van der Waals surface area contributed by atoms with Crippen molar-refractivity contribution in [2.24, 2.45) is 0 Å². The van der Waals surface area contributed by atoms with Crippen molar-refractivity contribution in [3.63, 3.8) is 0 Å². The lowest BCUT2D eigenvalue weighted by Crippen LogP contribution is -2.25. The molecule has 2 aliphatic carbocycles. The fraction of sp³-hybridized carbons (Fsp3) is 0.414. The van der Waals surface area contributed by atoms with Crippen LogP contribution in [0.15, 0.2) is 122 Å². The van der Waals surface area contributed by atoms with Crippen LogP contribution >= 0.6 is 0 Å². The fourth-order valence-electron chi connectivity index (χ4n) is 9.64. The highest BCUT2D eigenvalue weighted by Crippen LogP contribution is 2.60. The van der Waals surface area contributed by atoms with Crippen molar-refractivity contribution in [3.05, 3.63) is 149 Å². The molecule has 5 aromatic rings. The molecule has 0 radical (unpaired) electrons. The zero-order chi connectivity index (χ0) is 45.2. The molecule has 0 saturated carbocycles. The molecule has 0 fully saturated rings. The first-order valence-electron chi connectivity index (χ1n) is 24.3. The van der Waals surface area contributed by atoms with E-state index in [2.05, 4.69) is 56.8 Å². The van der Waals surface area contributed by atoms with Crippen LogP contribution in [0.25, 0.3) is 21.5 Å². The van der Waals surface area contributed by atoms with Gasteiger partial charge in [-0.15, -0.1) is 0 Å². The Balaban J connectivity index is 0.00000335. The number of esters is 2. The van der Waals surface area contributed by atoms with Crippen molar-refractivity contribution in [2.75, 3.05) is 13.2 Å². The lowest BCUT2D eigenvalue weighted by Gasteiger charge is -2.30. The number of hydrogen-bond donors (Lipinski definition) is 0. The topological polar surface area (TPSA) is 71.1 Å². The molecule has 64 heavy (non-hydrogen) atoms. The predicted octanol–water partition coefficient (Wildman–Crippen LogP) is 15.5. The number of hydrogen-bond acceptors (Lipinski definition) is 6. The largest absolute Gasteiger partial charge is 0.494 e. The van der Waals surface area contributed by atoms with Crippen LogP contribution in [0.5, 0.6) is 17.2 Å². The lowest BCUT2D eigenvalue weighted by atomic mass is 9.75. The molecule has 5 aromatic carbocycles. The molecule has 6 heteroatoms. The molecule has 0 aromatic heterocycles. The van der Waals surface area contributed by atoms with E-state index in [-0.39, 0.29) is 12.4 Å². The van der Waals surface area contributed by atoms with Crippen LogP contribution in [0, 0.1) is 0 Å². The van der Waals surface area contributed by atoms with E-state index in [0.29, 0.717) is 36.0 Å². The monoisotopic (exact) mass is 863 g/mol. The van der Waals surface area contributed by atoms with E-state index in [9.17, 15) is 9.59 Å². The predicted molar refractivity (Wildman–Crippen MR) is 264 cm³/mol. The van der Waals surface area contributed by atoms with Gasteiger partial charge in [0.05, 0.1) is 25.2 Å². The molecule has 338 valence electrons. The Hall–Kier alpha value is -5.62. The van der Waals surface area contributed by atoms with Crippen molar-refractivity contribution in [3.8, 4) is 17.2 Å². The van der Waals surface area contributed by atoms with Gasteiger partial charge in [-0.1, -0.05) is 159 Å². The Morgan fingerprint density at radius 1 is 0.656 bits per heavy atom. The van der Waals surface area contributed by atoms with Crippen LogP contribution < -0.4 is 14.2 Å². The number of unbranched alkanes of at least 4 members (excludes halogenated alkanes) is 10. The Bertz CT molecular complexity index is 2380. The second-order valence-corrected chi connectivity index (χ2v) is 17.0. The van der Waals surface area contributed by atoms with Gasteiger partial charge in [0.1, 0.15) is 23.0 Å². The Morgan fingerprint density at radius 3 is 1.77 bits per heavy atom. The summed E-state index contributed by atoms with van der Waals surface area (Å²) >= 11 is 0. The second kappa shape index (κ2) is 24.4. The summed E-state index contributed by atoms with van der Waals surface area (Å²) in [4.78, 5) is 27.8. The third-order valence-corrected chi connectivity index (χ3v) is 12.7. The number of carbonyl (C=O) groups is 2. The summed E-state index contributed by atoms with van der Waals surface area (Å²) in [5.41, 5.74) is 4.38. The van der Waals surface area contributed by atoms with Crippen molar-refractivity contribution in [1.82, 2.24) is 0 Å². The van der Waals surface area contributed by atoms with Gasteiger partial charge in [0.2, 0.25) is 0 Å². The van der Waals surface area contributed by atoms with Gasteiger partial charge in [-0.2, -0.15) is 0 Å². The van der Waals surface area contributed by atoms with Gasteiger partial charge in [-0.25, -0.2) is 4.79 Å². The van der Waals surface area contributed by atoms with Crippen LogP contribution in [0.1, 0.15) is 157 Å². The van der Waals surface area contributed by atoms with E-state index in [0.717, 1.165) is 89.8 Å². The molecule has 0 saturated heterocycles. The van der Waals surface area contributed by atoms with Crippen LogP contribution in [0.3, 0.4) is 0 Å². The fourth-order valence-corrected chi connectivity index (χ4v) is 9.64. The van der Waals surface area contributed by atoms with Crippen LogP contribution in [0.2, 0.25) is 0 Å². The molecule has 0 aliphatic heterocycles. The Kier molecular flexibility index (Phi) is 18.3. The number of fused-ring (bicyclic) bond motifs is 8. The second-order valence-electron chi connectivity index (χ2n) is 17.0. The molecule has 0 N–H and O–H groups in total. The first-order valence-corrected chi connectivity index (χ1v) is 24.3. The van der Waals surface area contributed by atoms with Gasteiger partial charge < -0.3 is 18.9 Å². The average molecular weight is 863 g/mol. The van der Waals surface area contributed by atoms with Crippen molar-refractivity contribution in [1.29, 1.82) is 0 Å². The summed E-state index contributed by atoms with van der Waals surface area (Å²) in [5, 5.41) is 4.38. The van der Waals surface area contributed by atoms with E-state index in [1.54, 1.807) is 24.3 Å². The quantitative estimate of drug-likeness (QED) is 0.0214. The maximum atomic E-state index is 14.0. The summed E-state index contributed by atoms with van der Waals surface area (Å²) in [7, 11) is 0. The molecule has 1 unspecified atom stereocenters. The summed E-state index contributed by atoms with van der Waals surface area (Å²) < 4.78 is 24.9. The number of allylic oxidation sites excluding steroid dienone is 3. The Labute approximate surface area is 382 Å². The van der Waals surface area contributed by atoms with Crippen molar-refractivity contribution in [2.45, 2.75) is 142 Å². The van der Waals surface area contributed by atoms with Crippen LogP contribution in [-0.4, -0.2) is 25.2 Å². The number of ether oxygens (including phenoxy) is 4. The van der Waals surface area contributed by atoms with Gasteiger partial charge in [0.25, 0.3) is 0 Å². The van der Waals surface area contributed by atoms with Gasteiger partial charge >= 0.3 is 11.9 Å². The minimum Gasteiger partial charge on any atom is -0.494 e. The zero-order valence-corrected chi connectivity index (χ0v) is 39.0. The SMILES string of the molecule is C=C/C=C(\C=C/CC(=O)Oc1cc2ccccc2c2c1C1(CC2)CCc2c1c(OC(=O)c1ccc(OCCCCCCCC)cc1)cc1ccccc21)OCCCCCCCC.CC. The number of aryl methyl sites for hydroxylation is 2. The molecule has 0 heterocycles. The first-order chi connectivity index (χ1) is 31.5. The van der Waals surface area contributed by atoms with E-state index >= 15 is 0 Å². The van der Waals surface area contributed by atoms with Crippen molar-refractivity contribution >= 4 is 33.5 Å². The summed E-state index contributed by atoms with van der Waals surface area (Å²) in [6.07, 6.45) is 24.8. The first kappa shape index (κ1) is 47.8. The van der Waals surface area contributed by atoms with Gasteiger partial charge in [-0.3, -0.25) is 4.79 Å². The highest BCUT2D eigenvalue weighted by Gasteiger charge is 2.50. The van der Waals surface area contributed by atoms with E-state index in [1.807, 2.05) is 62.4 Å². The Morgan fingerprint density at radius 2 is 1.19 bits per heavy atom. The average Bonchev–Trinajstić information content (AvgIpc) is 3.91. The normalized spacial score (nSPS) is 15.2. The van der Waals surface area contributed by atoms with E-state index in [4.69, 9.17) is 18.9 Å². The zero-order valence-electron chi connectivity index (χ0n) is 39.0. The minimum absolute atomic E-state index is 0.0798. The number of rotatable bonds is 23. The molecule has 2 aliphatic rings. The maximum absolute atomic E-state index is 14.0. The van der Waals surface area contributed by atoms with E-state index < -0.39 is 11.4 Å². The highest BCUT2D eigenvalue weighted by molar-refractivity contribution is 5.96. The molecule has 7 rings (SSSR count). The highest BCUT2D eigenvalue weighted by atomic mass is 16.5. The van der Waals surface area contributed by atoms with Gasteiger partial charge in [0.15, 0.2) is 0 Å². The van der Waals surface area contributed by atoms with Crippen LogP contribution in [0.4, 0.5) is 0 Å². The molecule has 1 atom stereocenters. The third kappa shape index (κ3) is 11.7. The van der Waals surface area contributed by atoms with Crippen molar-refractivity contribution < 1.29 is 28.5 Å². The number of carbonyl (C=O) groups excluding carboxylic acids is 2. The molecular formula is C58H70O6. The standard InChI is InChI=1S/C56H64O6.C2H6/c1-4-7-9-11-13-19-37-59-44(22-6-3)25-21-28-52(57)61-50-39-42-23-15-17-26-46(42)48-33-35-56(53(48)50)36-34-49-47-27-18-16-24-43(47)40-51(54(49)56)62-55(58)41-29-31-45(32-30-41)60-38-20-14-12-10-8-5-2;1-2/h6,15-18,21-27,29-32,39-40H,3-5,7-14,19-20,28,33-38H2,1-2H3;1-2H3/b25-21-,44-22+;. The smallest absolute Gasteiger partial charge is 0.343 e. The molecule has 0 bridgehead atoms. The third-order valence-electron chi connectivity index (χ3n) is 12.7. The summed E-state index contributed by atoms with van der Waals surface area (Å²) in [5.74, 6) is 1.80. The minimum atomic E-state index is -0.516. The van der Waals surface area contributed by atoms with Gasteiger partial charge in [0, 0.05) is 16.5 Å². The summed E-state index contributed by atoms with van der Waals surface area (Å²) in [6.45, 7) is 13.6. The van der Waals surface area contributed by atoms with Gasteiger partial charge in [-0.05, 0) is 120 Å². The summed E-state index contributed by atoms with van der Waals surface area (Å²) in [6, 6.07) is 28.0. The van der Waals surface area contributed by atoms with Crippen LogP contribution in [-0.2, 0) is 27.8 Å². The van der Waals surface area contributed by atoms with E-state index in [1.165, 1.54) is 62.5 Å². The molecule has 6 nitrogen and oxygen atoms in total. The lowest BCUT2D eigenvalue weighted by molar-refractivity contribution is -0.133. The molecule has 1 spiro atoms.